The summed E-state index contributed by atoms with van der Waals surface area (Å²) in [6.45, 7) is 5.81. The van der Waals surface area contributed by atoms with Gasteiger partial charge in [0.05, 0.1) is 22.6 Å². The summed E-state index contributed by atoms with van der Waals surface area (Å²) >= 11 is 0. The number of ether oxygens (including phenoxy) is 3. The van der Waals surface area contributed by atoms with Crippen LogP contribution in [0, 0.1) is 6.92 Å². The second-order valence-electron chi connectivity index (χ2n) is 12.3. The highest BCUT2D eigenvalue weighted by atomic mass is 32.2. The zero-order valence-electron chi connectivity index (χ0n) is 26.5. The third kappa shape index (κ3) is 7.42. The van der Waals surface area contributed by atoms with Crippen molar-refractivity contribution in [1.29, 1.82) is 0 Å². The number of imide groups is 1. The van der Waals surface area contributed by atoms with Gasteiger partial charge in [-0.05, 0) is 75.7 Å². The van der Waals surface area contributed by atoms with Crippen LogP contribution in [0.1, 0.15) is 52.6 Å². The maximum atomic E-state index is 13.5. The van der Waals surface area contributed by atoms with E-state index in [9.17, 15) is 38.1 Å². The van der Waals surface area contributed by atoms with Crippen molar-refractivity contribution in [3.05, 3.63) is 101 Å². The van der Waals surface area contributed by atoms with Crippen molar-refractivity contribution in [2.24, 2.45) is 0 Å². The minimum atomic E-state index is -4.36. The molecule has 3 aromatic carbocycles. The van der Waals surface area contributed by atoms with E-state index in [4.69, 9.17) is 18.4 Å². The van der Waals surface area contributed by atoms with Crippen molar-refractivity contribution < 1.29 is 56.5 Å². The van der Waals surface area contributed by atoms with Gasteiger partial charge >= 0.3 is 5.97 Å². The molecule has 0 unspecified atom stereocenters. The molecule has 1 fully saturated rings. The van der Waals surface area contributed by atoms with Gasteiger partial charge in [-0.15, -0.1) is 0 Å². The van der Waals surface area contributed by atoms with Crippen molar-refractivity contribution in [3.8, 4) is 5.75 Å². The molecule has 3 N–H and O–H groups in total. The first-order chi connectivity index (χ1) is 22.6. The fourth-order valence-corrected chi connectivity index (χ4v) is 6.07. The topological polar surface area (TPSA) is 186 Å². The van der Waals surface area contributed by atoms with E-state index in [2.05, 4.69) is 0 Å². The predicted octanol–water partition coefficient (Wildman–Crippen LogP) is 2.92. The van der Waals surface area contributed by atoms with E-state index < -0.39 is 76.5 Å². The number of phenols is 1. The van der Waals surface area contributed by atoms with Gasteiger partial charge in [0.25, 0.3) is 21.9 Å². The maximum Gasteiger partial charge on any atom is 0.374 e. The molecule has 0 bridgehead atoms. The van der Waals surface area contributed by atoms with E-state index in [-0.39, 0.29) is 21.8 Å². The number of nitrogens with zero attached hydrogens (tertiary/aromatic N) is 1. The summed E-state index contributed by atoms with van der Waals surface area (Å²) in [6.07, 6.45) is -6.04. The van der Waals surface area contributed by atoms with Crippen molar-refractivity contribution in [2.75, 3.05) is 6.61 Å². The smallest absolute Gasteiger partial charge is 0.374 e. The van der Waals surface area contributed by atoms with Gasteiger partial charge < -0.3 is 29.5 Å². The van der Waals surface area contributed by atoms with E-state index in [1.807, 2.05) is 0 Å². The number of carbonyl (C=O) groups is 3. The Morgan fingerprint density at radius 2 is 1.50 bits per heavy atom. The molecule has 0 saturated carbocycles. The quantitative estimate of drug-likeness (QED) is 0.0988. The van der Waals surface area contributed by atoms with Gasteiger partial charge in [-0.1, -0.05) is 42.0 Å². The van der Waals surface area contributed by atoms with Gasteiger partial charge in [0.1, 0.15) is 35.7 Å². The first-order valence-electron chi connectivity index (χ1n) is 14.9. The summed E-state index contributed by atoms with van der Waals surface area (Å²) in [7, 11) is -4.36. The molecule has 1 saturated heterocycles. The lowest BCUT2D eigenvalue weighted by Crippen LogP contribution is -2.66. The summed E-state index contributed by atoms with van der Waals surface area (Å²) in [5.41, 5.74) is 0.240. The van der Waals surface area contributed by atoms with Crippen molar-refractivity contribution in [2.45, 2.75) is 68.8 Å². The summed E-state index contributed by atoms with van der Waals surface area (Å²) in [4.78, 5) is 41.0. The summed E-state index contributed by atoms with van der Waals surface area (Å²) in [5.74, 6) is -3.16. The second-order valence-corrected chi connectivity index (χ2v) is 13.9. The molecule has 0 aromatic heterocycles. The molecule has 13 nitrogen and oxygen atoms in total. The average Bonchev–Trinajstić information content (AvgIpc) is 3.27. The highest BCUT2D eigenvalue weighted by Crippen LogP contribution is 2.34. The van der Waals surface area contributed by atoms with Crippen LogP contribution in [-0.4, -0.2) is 89.3 Å². The Morgan fingerprint density at radius 3 is 2.06 bits per heavy atom. The van der Waals surface area contributed by atoms with E-state index in [1.54, 1.807) is 52.0 Å². The van der Waals surface area contributed by atoms with Gasteiger partial charge in [0.15, 0.2) is 0 Å². The number of aliphatic hydroxyl groups excluding tert-OH is 2. The van der Waals surface area contributed by atoms with E-state index in [0.717, 1.165) is 5.56 Å². The number of esters is 1. The van der Waals surface area contributed by atoms with Crippen LogP contribution in [0.5, 0.6) is 5.75 Å². The zero-order chi connectivity index (χ0) is 35.0. The van der Waals surface area contributed by atoms with Crippen molar-refractivity contribution >= 4 is 34.0 Å². The number of aromatic hydroxyl groups is 1. The number of aryl methyl sites for hydroxylation is 1. The molecule has 5 rings (SSSR count). The Balaban J connectivity index is 1.52. The summed E-state index contributed by atoms with van der Waals surface area (Å²) < 4.78 is 48.5. The first kappa shape index (κ1) is 34.7. The normalized spacial score (nSPS) is 23.2. The fraction of sp³-hybridized carbons (Fsp3) is 0.324. The third-order valence-electron chi connectivity index (χ3n) is 7.52. The lowest BCUT2D eigenvalue weighted by Gasteiger charge is -2.44. The van der Waals surface area contributed by atoms with Crippen molar-refractivity contribution in [3.63, 3.8) is 0 Å². The molecule has 2 aliphatic rings. The van der Waals surface area contributed by atoms with Crippen LogP contribution in [0.4, 0.5) is 0 Å². The molecule has 254 valence electrons. The number of hydrogen-bond acceptors (Lipinski definition) is 12. The predicted molar refractivity (Wildman–Crippen MR) is 169 cm³/mol. The molecule has 2 aliphatic heterocycles. The SMILES string of the molecule is Cc1ccc(S(=O)(=O)OC[C@H]2O[C@@H](O/C(=C\c3ccc(O)cc3)C(=O)OC(C)(C)C)[C@H](N3C(=O)c4ccccc4C3=O)[C@@H](O)[C@H]2O)cc1. The number of aliphatic hydroxyl groups is 2. The summed E-state index contributed by atoms with van der Waals surface area (Å²) in [5, 5.41) is 32.3. The molecule has 0 aliphatic carbocycles. The standard InChI is InChI=1S/C34H35NO12S/c1-19-9-15-22(16-10-19)48(42,43)44-18-26-28(37)29(38)27(35-30(39)23-7-5-6-8-24(23)31(35)40)33(46-26)45-25(32(41)47-34(2,3)4)17-20-11-13-21(36)14-12-20/h5-17,26-29,33,36-38H,18H2,1-4H3/b25-17-/t26-,27-,28+,29-,33-/m1/s1. The van der Waals surface area contributed by atoms with E-state index >= 15 is 0 Å². The van der Waals surface area contributed by atoms with Gasteiger partial charge in [0.2, 0.25) is 12.0 Å². The molecule has 3 aromatic rings. The highest BCUT2D eigenvalue weighted by Gasteiger charge is 2.54. The maximum absolute atomic E-state index is 13.5. The molecule has 0 radical (unpaired) electrons. The Labute approximate surface area is 277 Å². The van der Waals surface area contributed by atoms with Gasteiger partial charge in [-0.3, -0.25) is 18.7 Å². The largest absolute Gasteiger partial charge is 0.508 e. The fourth-order valence-electron chi connectivity index (χ4n) is 5.15. The third-order valence-corrected chi connectivity index (χ3v) is 8.82. The van der Waals surface area contributed by atoms with Gasteiger partial charge in [-0.25, -0.2) is 4.79 Å². The lowest BCUT2D eigenvalue weighted by atomic mass is 9.95. The van der Waals surface area contributed by atoms with Gasteiger partial charge in [0, 0.05) is 0 Å². The number of benzene rings is 3. The highest BCUT2D eigenvalue weighted by molar-refractivity contribution is 7.86. The molecule has 2 amide bonds. The second kappa shape index (κ2) is 13.5. The molecule has 5 atom stereocenters. The lowest BCUT2D eigenvalue weighted by molar-refractivity contribution is -0.268. The number of hydrogen-bond donors (Lipinski definition) is 3. The Bertz CT molecular complexity index is 1800. The van der Waals surface area contributed by atoms with Crippen LogP contribution < -0.4 is 0 Å². The molecular weight excluding hydrogens is 646 g/mol. The molecular formula is C34H35NO12S. The van der Waals surface area contributed by atoms with Crippen LogP contribution in [0.3, 0.4) is 0 Å². The number of fused-ring (bicyclic) bond motifs is 1. The number of rotatable bonds is 9. The van der Waals surface area contributed by atoms with Crippen molar-refractivity contribution in [1.82, 2.24) is 4.90 Å². The Morgan fingerprint density at radius 1 is 0.917 bits per heavy atom. The van der Waals surface area contributed by atoms with Crippen LogP contribution in [0.25, 0.3) is 6.08 Å². The van der Waals surface area contributed by atoms with Crippen LogP contribution in [0.2, 0.25) is 0 Å². The first-order valence-corrected chi connectivity index (χ1v) is 16.3. The van der Waals surface area contributed by atoms with Crippen LogP contribution >= 0.6 is 0 Å². The zero-order valence-corrected chi connectivity index (χ0v) is 27.3. The van der Waals surface area contributed by atoms with E-state index in [1.165, 1.54) is 54.6 Å². The minimum absolute atomic E-state index is 0.0320. The van der Waals surface area contributed by atoms with E-state index in [0.29, 0.717) is 10.5 Å². The van der Waals surface area contributed by atoms with Gasteiger partial charge in [-0.2, -0.15) is 8.42 Å². The Kier molecular flexibility index (Phi) is 9.76. The molecule has 0 spiro atoms. The summed E-state index contributed by atoms with van der Waals surface area (Å²) in [6, 6.07) is 15.7. The Hall–Kier alpha value is -4.60. The number of amides is 2. The average molecular weight is 682 g/mol. The molecule has 14 heteroatoms. The minimum Gasteiger partial charge on any atom is -0.508 e. The monoisotopic (exact) mass is 681 g/mol. The molecule has 48 heavy (non-hydrogen) atoms. The number of carbonyl (C=O) groups excluding carboxylic acids is 3. The number of phenolic OH excluding ortho intramolecular Hbond substituents is 1. The molecule has 2 heterocycles. The van der Waals surface area contributed by atoms with Crippen LogP contribution in [-0.2, 0) is 33.3 Å². The van der Waals surface area contributed by atoms with Crippen LogP contribution in [0.15, 0.2) is 83.5 Å².